The minimum atomic E-state index is -3.45. The Labute approximate surface area is 88.9 Å². The van der Waals surface area contributed by atoms with E-state index in [2.05, 4.69) is 24.7 Å². The summed E-state index contributed by atoms with van der Waals surface area (Å²) in [6.07, 6.45) is 0. The molecule has 6 heteroatoms. The van der Waals surface area contributed by atoms with E-state index in [0.717, 1.165) is 3.21 Å². The maximum absolute atomic E-state index is 5.89. The maximum atomic E-state index is 5.89. The molecule has 0 N–H and O–H groups in total. The Hall–Kier alpha value is 1.76. The Morgan fingerprint density at radius 2 is 1.64 bits per heavy atom. The van der Waals surface area contributed by atoms with E-state index in [1.165, 1.54) is 0 Å². The molecule has 0 aliphatic heterocycles. The quantitative estimate of drug-likeness (QED) is 0.540. The van der Waals surface area contributed by atoms with Crippen molar-refractivity contribution in [1.82, 2.24) is 0 Å². The average molecular weight is 354 g/mol. The first kappa shape index (κ1) is 12.8. The fourth-order valence-electron chi connectivity index (χ4n) is 0.636. The Bertz CT molecular complexity index is 183. The van der Waals surface area contributed by atoms with Crippen LogP contribution in [0.5, 0.6) is 0 Å². The Balaban J connectivity index is 4.90. The molecule has 0 nitrogen and oxygen atoms in total. The molecule has 0 amide bonds. The van der Waals surface area contributed by atoms with Gasteiger partial charge in [-0.05, 0) is 0 Å². The van der Waals surface area contributed by atoms with E-state index in [1.807, 2.05) is 0 Å². The average Bonchev–Trinajstić information content (AvgIpc) is 1.56. The second-order valence-electron chi connectivity index (χ2n) is 3.22. The van der Waals surface area contributed by atoms with Gasteiger partial charge in [0.15, 0.2) is 0 Å². The molecule has 0 bridgehead atoms. The van der Waals surface area contributed by atoms with Crippen LogP contribution >= 0.6 is 39.0 Å². The minimum absolute atomic E-state index is 0.867. The van der Waals surface area contributed by atoms with Crippen LogP contribution in [0.3, 0.4) is 0 Å². The van der Waals surface area contributed by atoms with Crippen molar-refractivity contribution >= 4 is 67.1 Å². The van der Waals surface area contributed by atoms with Crippen molar-refractivity contribution in [3.05, 3.63) is 3.21 Å². The fourth-order valence-corrected chi connectivity index (χ4v) is 30.5. The van der Waals surface area contributed by atoms with E-state index in [9.17, 15) is 0 Å². The van der Waals surface area contributed by atoms with Crippen LogP contribution in [0.4, 0.5) is 0 Å². The molecule has 0 spiro atoms. The molecule has 0 aromatic rings. The topological polar surface area (TPSA) is 0 Å². The molecule has 0 heterocycles. The van der Waals surface area contributed by atoms with E-state index < -0.39 is 23.1 Å². The molecule has 0 atom stereocenters. The third-order valence-corrected chi connectivity index (χ3v) is 21.6. The fraction of sp³-hybridized carbons (Fsp3) is 0.600. The van der Waals surface area contributed by atoms with Gasteiger partial charge < -0.3 is 0 Å². The van der Waals surface area contributed by atoms with Gasteiger partial charge in [-0.1, -0.05) is 0 Å². The zero-order valence-electron chi connectivity index (χ0n) is 6.54. The van der Waals surface area contributed by atoms with Crippen molar-refractivity contribution in [3.63, 3.8) is 0 Å². The van der Waals surface area contributed by atoms with Crippen LogP contribution in [0, 0.1) is 0 Å². The van der Waals surface area contributed by atoms with E-state index >= 15 is 0 Å². The van der Waals surface area contributed by atoms with Crippen molar-refractivity contribution in [2.45, 2.75) is 19.6 Å². The number of hydrogen-bond donors (Lipinski definition) is 0. The van der Waals surface area contributed by atoms with Gasteiger partial charge in [0.25, 0.3) is 0 Å². The van der Waals surface area contributed by atoms with E-state index in [0.29, 0.717) is 0 Å². The SMILES string of the molecule is C[Si](C)(C)[C](=C=S)[Sn]([Cl])([Cl])[Cl]. The van der Waals surface area contributed by atoms with Gasteiger partial charge in [-0.15, -0.1) is 0 Å². The van der Waals surface area contributed by atoms with Crippen molar-refractivity contribution in [3.8, 4) is 0 Å². The number of halogens is 3. The van der Waals surface area contributed by atoms with Crippen molar-refractivity contribution in [1.29, 1.82) is 0 Å². The summed E-state index contributed by atoms with van der Waals surface area (Å²) in [4.78, 5) is 0. The molecular formula is C5H9Cl3SSiSn. The Morgan fingerprint density at radius 1 is 1.27 bits per heavy atom. The summed E-state index contributed by atoms with van der Waals surface area (Å²) in [5.41, 5.74) is 0. The number of thiocarbonyl (C=S) groups is 1. The first-order valence-corrected chi connectivity index (χ1v) is 19.2. The third kappa shape index (κ3) is 4.51. The first-order valence-electron chi connectivity index (χ1n) is 3.02. The van der Waals surface area contributed by atoms with Gasteiger partial charge in [-0.3, -0.25) is 0 Å². The molecule has 0 aliphatic rings. The zero-order chi connectivity index (χ0) is 9.28. The summed E-state index contributed by atoms with van der Waals surface area (Å²) in [6.45, 7) is 6.33. The van der Waals surface area contributed by atoms with E-state index in [4.69, 9.17) is 39.0 Å². The summed E-state index contributed by atoms with van der Waals surface area (Å²) in [6, 6.07) is 0. The number of rotatable bonds is 2. The van der Waals surface area contributed by atoms with Crippen LogP contribution < -0.4 is 0 Å². The molecule has 11 heavy (non-hydrogen) atoms. The standard InChI is InChI=1S/C5H9SSi.3ClH.Sn/c1-7(2,3)5-4-6;;;;/h1-3H3;3*1H;/q;;;;+3/p-3. The van der Waals surface area contributed by atoms with E-state index in [1.54, 1.807) is 0 Å². The third-order valence-electron chi connectivity index (χ3n) is 1.14. The molecule has 0 fully saturated rings. The van der Waals surface area contributed by atoms with Gasteiger partial charge in [0.1, 0.15) is 0 Å². The van der Waals surface area contributed by atoms with Crippen LogP contribution in [-0.4, -0.2) is 28.1 Å². The molecule has 0 unspecified atom stereocenters. The normalized spacial score (nSPS) is 12.5. The molecule has 0 aromatic carbocycles. The van der Waals surface area contributed by atoms with Crippen LogP contribution in [-0.2, 0) is 0 Å². The summed E-state index contributed by atoms with van der Waals surface area (Å²) in [7, 11) is 16.2. The molecule has 0 aliphatic carbocycles. The Kier molecular flexibility index (Phi) is 5.00. The summed E-state index contributed by atoms with van der Waals surface area (Å²) < 4.78 is 0.867. The second-order valence-corrected chi connectivity index (χ2v) is 29.4. The van der Waals surface area contributed by atoms with Gasteiger partial charge in [0.2, 0.25) is 0 Å². The molecule has 0 saturated heterocycles. The van der Waals surface area contributed by atoms with Crippen molar-refractivity contribution in [2.75, 3.05) is 0 Å². The summed E-state index contributed by atoms with van der Waals surface area (Å²) in [5, 5.41) is 2.64. The molecule has 0 rings (SSSR count). The van der Waals surface area contributed by atoms with Gasteiger partial charge in [-0.25, -0.2) is 0 Å². The predicted molar refractivity (Wildman–Crippen MR) is 62.8 cm³/mol. The first-order chi connectivity index (χ1) is 4.69. The molecular weight excluding hydrogens is 345 g/mol. The van der Waals surface area contributed by atoms with E-state index in [-0.39, 0.29) is 0 Å². The van der Waals surface area contributed by atoms with Gasteiger partial charge in [-0.2, -0.15) is 0 Å². The van der Waals surface area contributed by atoms with Crippen LogP contribution in [0.25, 0.3) is 0 Å². The predicted octanol–water partition coefficient (Wildman–Crippen LogP) is 3.58. The Morgan fingerprint density at radius 3 is 1.64 bits per heavy atom. The van der Waals surface area contributed by atoms with Gasteiger partial charge >= 0.3 is 89.9 Å². The summed E-state index contributed by atoms with van der Waals surface area (Å²) in [5.74, 6) is 0. The molecule has 64 valence electrons. The second kappa shape index (κ2) is 4.31. The molecule has 0 aromatic heterocycles. The summed E-state index contributed by atoms with van der Waals surface area (Å²) >= 11 is 1.27. The van der Waals surface area contributed by atoms with Crippen LogP contribution in [0.2, 0.25) is 19.6 Å². The monoisotopic (exact) mass is 354 g/mol. The zero-order valence-corrected chi connectivity index (χ0v) is 13.5. The van der Waals surface area contributed by atoms with Gasteiger partial charge in [0.05, 0.1) is 0 Å². The van der Waals surface area contributed by atoms with Gasteiger partial charge in [0, 0.05) is 0 Å². The molecule has 0 radical (unpaired) electrons. The van der Waals surface area contributed by atoms with Crippen molar-refractivity contribution in [2.24, 2.45) is 0 Å². The molecule has 0 saturated carbocycles. The number of hydrogen-bond acceptors (Lipinski definition) is 1. The van der Waals surface area contributed by atoms with Crippen molar-refractivity contribution < 1.29 is 0 Å². The van der Waals surface area contributed by atoms with Crippen LogP contribution in [0.1, 0.15) is 0 Å². The van der Waals surface area contributed by atoms with Crippen LogP contribution in [0.15, 0.2) is 3.21 Å².